The Labute approximate surface area is 145 Å². The third kappa shape index (κ3) is 3.38. The van der Waals surface area contributed by atoms with E-state index >= 15 is 0 Å². The number of methoxy groups -OCH3 is 1. The zero-order chi connectivity index (χ0) is 18.0. The average Bonchev–Trinajstić information content (AvgIpc) is 3.12. The number of carboxylic acids is 1. The molecule has 0 amide bonds. The smallest absolute Gasteiger partial charge is 0.306 e. The van der Waals surface area contributed by atoms with E-state index in [1.165, 1.54) is 28.5 Å². The Morgan fingerprint density at radius 1 is 1.28 bits per heavy atom. The largest absolute Gasteiger partial charge is 0.494 e. The zero-order valence-electron chi connectivity index (χ0n) is 13.7. The summed E-state index contributed by atoms with van der Waals surface area (Å²) in [7, 11) is -2.17. The van der Waals surface area contributed by atoms with Crippen LogP contribution in [-0.4, -0.2) is 53.8 Å². The third-order valence-corrected chi connectivity index (χ3v) is 6.18. The lowest BCUT2D eigenvalue weighted by Crippen LogP contribution is -2.40. The molecule has 1 aromatic heterocycles. The summed E-state index contributed by atoms with van der Waals surface area (Å²) in [5.74, 6) is -0.777. The van der Waals surface area contributed by atoms with Crippen LogP contribution >= 0.6 is 0 Å². The van der Waals surface area contributed by atoms with Gasteiger partial charge >= 0.3 is 5.97 Å². The van der Waals surface area contributed by atoms with E-state index in [2.05, 4.69) is 5.10 Å². The highest BCUT2D eigenvalue weighted by atomic mass is 32.2. The zero-order valence-corrected chi connectivity index (χ0v) is 14.5. The molecule has 1 aliphatic heterocycles. The van der Waals surface area contributed by atoms with E-state index in [1.807, 2.05) is 12.1 Å². The number of sulfonamides is 1. The standard InChI is InChI=1S/C16H19N3O5S/c1-24-15-5-3-2-4-14(15)19-11-13(10-17-19)25(22,23)18-8-6-12(7-9-18)16(20)21/h2-5,10-12H,6-9H2,1H3,(H,20,21). The van der Waals surface area contributed by atoms with Gasteiger partial charge in [0.2, 0.25) is 10.0 Å². The van der Waals surface area contributed by atoms with Crippen LogP contribution in [0.1, 0.15) is 12.8 Å². The molecule has 3 rings (SSSR count). The van der Waals surface area contributed by atoms with Gasteiger partial charge in [-0.05, 0) is 25.0 Å². The fraction of sp³-hybridized carbons (Fsp3) is 0.375. The van der Waals surface area contributed by atoms with E-state index in [9.17, 15) is 13.2 Å². The van der Waals surface area contributed by atoms with Crippen molar-refractivity contribution in [2.24, 2.45) is 5.92 Å². The number of hydrogen-bond acceptors (Lipinski definition) is 5. The number of carboxylic acid groups (broad SMARTS) is 1. The van der Waals surface area contributed by atoms with Crippen LogP contribution in [0.15, 0.2) is 41.6 Å². The molecule has 0 aliphatic carbocycles. The third-order valence-electron chi connectivity index (χ3n) is 4.33. The maximum atomic E-state index is 12.8. The van der Waals surface area contributed by atoms with Crippen molar-refractivity contribution in [1.82, 2.24) is 14.1 Å². The molecule has 8 nitrogen and oxygen atoms in total. The first-order valence-corrected chi connectivity index (χ1v) is 9.28. The summed E-state index contributed by atoms with van der Waals surface area (Å²) in [6, 6.07) is 7.17. The van der Waals surface area contributed by atoms with Crippen LogP contribution in [0.4, 0.5) is 0 Å². The minimum absolute atomic E-state index is 0.0761. The highest BCUT2D eigenvalue weighted by Crippen LogP contribution is 2.26. The van der Waals surface area contributed by atoms with Gasteiger partial charge in [-0.1, -0.05) is 12.1 Å². The van der Waals surface area contributed by atoms with E-state index in [1.54, 1.807) is 12.1 Å². The molecule has 1 aromatic carbocycles. The van der Waals surface area contributed by atoms with Crippen LogP contribution in [-0.2, 0) is 14.8 Å². The second-order valence-electron chi connectivity index (χ2n) is 5.81. The summed E-state index contributed by atoms with van der Waals surface area (Å²) in [6.07, 6.45) is 3.37. The van der Waals surface area contributed by atoms with Gasteiger partial charge in [0.15, 0.2) is 0 Å². The Hall–Kier alpha value is -2.39. The average molecular weight is 365 g/mol. The predicted octanol–water partition coefficient (Wildman–Crippen LogP) is 1.37. The fourth-order valence-corrected chi connectivity index (χ4v) is 4.29. The summed E-state index contributed by atoms with van der Waals surface area (Å²) < 4.78 is 33.6. The van der Waals surface area contributed by atoms with E-state index < -0.39 is 21.9 Å². The number of aromatic nitrogens is 2. The van der Waals surface area contributed by atoms with Crippen LogP contribution in [0.2, 0.25) is 0 Å². The Bertz CT molecular complexity index is 869. The second-order valence-corrected chi connectivity index (χ2v) is 7.75. The predicted molar refractivity (Wildman–Crippen MR) is 89.2 cm³/mol. The van der Waals surface area contributed by atoms with Gasteiger partial charge in [0.05, 0.1) is 25.4 Å². The van der Waals surface area contributed by atoms with Crippen LogP contribution in [0.25, 0.3) is 5.69 Å². The lowest BCUT2D eigenvalue weighted by Gasteiger charge is -2.28. The molecular formula is C16H19N3O5S. The SMILES string of the molecule is COc1ccccc1-n1cc(S(=O)(=O)N2CCC(C(=O)O)CC2)cn1. The van der Waals surface area contributed by atoms with Gasteiger partial charge in [-0.3, -0.25) is 4.79 Å². The van der Waals surface area contributed by atoms with Crippen molar-refractivity contribution in [3.8, 4) is 11.4 Å². The quantitative estimate of drug-likeness (QED) is 0.859. The number of benzene rings is 1. The molecule has 1 fully saturated rings. The molecule has 1 aliphatic rings. The number of ether oxygens (including phenoxy) is 1. The summed E-state index contributed by atoms with van der Waals surface area (Å²) in [4.78, 5) is 11.1. The molecule has 0 bridgehead atoms. The molecule has 0 radical (unpaired) electrons. The van der Waals surface area contributed by atoms with Crippen LogP contribution in [0.3, 0.4) is 0 Å². The molecule has 0 spiro atoms. The molecule has 1 N–H and O–H groups in total. The van der Waals surface area contributed by atoms with Gasteiger partial charge in [-0.25, -0.2) is 13.1 Å². The Morgan fingerprint density at radius 2 is 1.96 bits per heavy atom. The second kappa shape index (κ2) is 6.85. The molecule has 1 saturated heterocycles. The molecule has 0 atom stereocenters. The maximum Gasteiger partial charge on any atom is 0.306 e. The molecule has 25 heavy (non-hydrogen) atoms. The number of hydrogen-bond donors (Lipinski definition) is 1. The van der Waals surface area contributed by atoms with Gasteiger partial charge < -0.3 is 9.84 Å². The van der Waals surface area contributed by atoms with Crippen LogP contribution < -0.4 is 4.74 Å². The molecular weight excluding hydrogens is 346 g/mol. The molecule has 9 heteroatoms. The minimum atomic E-state index is -3.70. The lowest BCUT2D eigenvalue weighted by molar-refractivity contribution is -0.142. The topological polar surface area (TPSA) is 102 Å². The van der Waals surface area contributed by atoms with Crippen molar-refractivity contribution < 1.29 is 23.1 Å². The van der Waals surface area contributed by atoms with Gasteiger partial charge in [0.25, 0.3) is 0 Å². The van der Waals surface area contributed by atoms with Crippen molar-refractivity contribution in [1.29, 1.82) is 0 Å². The molecule has 0 saturated carbocycles. The highest BCUT2D eigenvalue weighted by Gasteiger charge is 2.32. The first-order chi connectivity index (χ1) is 11.9. The lowest BCUT2D eigenvalue weighted by atomic mass is 9.99. The monoisotopic (exact) mass is 365 g/mol. The van der Waals surface area contributed by atoms with Crippen molar-refractivity contribution in [2.45, 2.75) is 17.7 Å². The summed E-state index contributed by atoms with van der Waals surface area (Å²) in [5.41, 5.74) is 0.635. The number of rotatable bonds is 5. The van der Waals surface area contributed by atoms with Gasteiger partial charge in [0, 0.05) is 13.1 Å². The normalized spacial score (nSPS) is 16.7. The Balaban J connectivity index is 1.83. The van der Waals surface area contributed by atoms with Crippen LogP contribution in [0, 0.1) is 5.92 Å². The number of carbonyl (C=O) groups is 1. The molecule has 2 heterocycles. The van der Waals surface area contributed by atoms with E-state index in [-0.39, 0.29) is 18.0 Å². The van der Waals surface area contributed by atoms with E-state index in [0.717, 1.165) is 0 Å². The van der Waals surface area contributed by atoms with Crippen LogP contribution in [0.5, 0.6) is 5.75 Å². The van der Waals surface area contributed by atoms with Crippen molar-refractivity contribution >= 4 is 16.0 Å². The minimum Gasteiger partial charge on any atom is -0.494 e. The Morgan fingerprint density at radius 3 is 2.60 bits per heavy atom. The number of aliphatic carboxylic acids is 1. The summed E-state index contributed by atoms with van der Waals surface area (Å²) >= 11 is 0. The summed E-state index contributed by atoms with van der Waals surface area (Å²) in [6.45, 7) is 0.387. The van der Waals surface area contributed by atoms with Gasteiger partial charge in [0.1, 0.15) is 16.3 Å². The number of piperidine rings is 1. The summed E-state index contributed by atoms with van der Waals surface area (Å²) in [5, 5.41) is 13.2. The van der Waals surface area contributed by atoms with E-state index in [0.29, 0.717) is 24.3 Å². The number of nitrogens with zero attached hydrogens (tertiary/aromatic N) is 3. The number of para-hydroxylation sites is 2. The maximum absolute atomic E-state index is 12.8. The Kier molecular flexibility index (Phi) is 4.78. The van der Waals surface area contributed by atoms with Crippen molar-refractivity contribution in [3.05, 3.63) is 36.7 Å². The molecule has 134 valence electrons. The van der Waals surface area contributed by atoms with E-state index in [4.69, 9.17) is 9.84 Å². The van der Waals surface area contributed by atoms with Gasteiger partial charge in [-0.2, -0.15) is 9.40 Å². The van der Waals surface area contributed by atoms with Crippen molar-refractivity contribution in [3.63, 3.8) is 0 Å². The van der Waals surface area contributed by atoms with Gasteiger partial charge in [-0.15, -0.1) is 0 Å². The first-order valence-electron chi connectivity index (χ1n) is 7.84. The highest BCUT2D eigenvalue weighted by molar-refractivity contribution is 7.89. The molecule has 2 aromatic rings. The first kappa shape index (κ1) is 17.4. The fourth-order valence-electron chi connectivity index (χ4n) is 2.88. The van der Waals surface area contributed by atoms with Crippen molar-refractivity contribution in [2.75, 3.05) is 20.2 Å². The molecule has 0 unspecified atom stereocenters.